The van der Waals surface area contributed by atoms with Crippen LogP contribution in [0.15, 0.2) is 20.6 Å². The highest BCUT2D eigenvalue weighted by Gasteiger charge is 2.08. The Kier molecular flexibility index (Phi) is 6.47. The van der Waals surface area contributed by atoms with Gasteiger partial charge < -0.3 is 0 Å². The number of thioether (sulfide) groups is 2. The lowest BCUT2D eigenvalue weighted by Gasteiger charge is -1.94. The smallest absolute Gasteiger partial charge is 0.206 e. The van der Waals surface area contributed by atoms with Gasteiger partial charge in [-0.1, -0.05) is 40.8 Å². The third-order valence-electron chi connectivity index (χ3n) is 1.42. The van der Waals surface area contributed by atoms with E-state index >= 15 is 0 Å². The zero-order valence-corrected chi connectivity index (χ0v) is 10.9. The first kappa shape index (κ1) is 14.4. The number of halogens is 3. The Balaban J connectivity index is 2.35. The number of terminal acetylenes is 1. The van der Waals surface area contributed by atoms with Crippen LogP contribution in [0, 0.1) is 12.3 Å². The van der Waals surface area contributed by atoms with E-state index in [1.165, 1.54) is 34.9 Å². The summed E-state index contributed by atoms with van der Waals surface area (Å²) in [6.07, 6.45) is 2.53. The van der Waals surface area contributed by atoms with Gasteiger partial charge in [-0.25, -0.2) is 4.39 Å². The molecule has 92 valence electrons. The third-order valence-corrected chi connectivity index (χ3v) is 4.52. The fraction of sp³-hybridized carbons (Fsp3) is 0.333. The fourth-order valence-electron chi connectivity index (χ4n) is 0.740. The average molecular weight is 296 g/mol. The highest BCUT2D eigenvalue weighted by Crippen LogP contribution is 2.29. The largest absolute Gasteiger partial charge is 0.301 e. The second-order valence-electron chi connectivity index (χ2n) is 2.59. The molecular weight excluding hydrogens is 289 g/mol. The van der Waals surface area contributed by atoms with Crippen molar-refractivity contribution in [1.82, 2.24) is 10.2 Å². The van der Waals surface area contributed by atoms with Gasteiger partial charge in [0.1, 0.15) is 0 Å². The van der Waals surface area contributed by atoms with E-state index in [9.17, 15) is 13.2 Å². The molecule has 1 heterocycles. The van der Waals surface area contributed by atoms with Crippen molar-refractivity contribution in [2.24, 2.45) is 0 Å². The maximum absolute atomic E-state index is 12.5. The minimum absolute atomic E-state index is 0.206. The van der Waals surface area contributed by atoms with E-state index in [0.29, 0.717) is 10.1 Å². The molecule has 0 radical (unpaired) electrons. The molecule has 0 saturated carbocycles. The maximum atomic E-state index is 12.5. The molecule has 0 aliphatic heterocycles. The van der Waals surface area contributed by atoms with E-state index < -0.39 is 11.9 Å². The zero-order valence-electron chi connectivity index (χ0n) is 8.45. The molecule has 0 aliphatic rings. The number of aromatic nitrogens is 2. The molecule has 0 spiro atoms. The van der Waals surface area contributed by atoms with Crippen molar-refractivity contribution in [2.45, 2.75) is 15.1 Å². The number of rotatable bonds is 6. The van der Waals surface area contributed by atoms with Crippen molar-refractivity contribution in [3.63, 3.8) is 0 Å². The van der Waals surface area contributed by atoms with Crippen molar-refractivity contribution < 1.29 is 13.2 Å². The van der Waals surface area contributed by atoms with Gasteiger partial charge in [0.05, 0.1) is 5.75 Å². The lowest BCUT2D eigenvalue weighted by Crippen LogP contribution is -1.82. The summed E-state index contributed by atoms with van der Waals surface area (Å²) in [7, 11) is 0. The molecule has 0 amide bonds. The molecule has 0 saturated heterocycles. The summed E-state index contributed by atoms with van der Waals surface area (Å²) in [4.78, 5) is 0. The zero-order chi connectivity index (χ0) is 12.7. The third kappa shape index (κ3) is 5.48. The molecule has 1 aromatic rings. The van der Waals surface area contributed by atoms with Gasteiger partial charge in [0.2, 0.25) is 0 Å². The predicted molar refractivity (Wildman–Crippen MR) is 65.2 cm³/mol. The summed E-state index contributed by atoms with van der Waals surface area (Å²) in [5.74, 6) is 1.79. The molecule has 0 unspecified atom stereocenters. The van der Waals surface area contributed by atoms with Gasteiger partial charge in [-0.2, -0.15) is 8.78 Å². The molecule has 0 bridgehead atoms. The van der Waals surface area contributed by atoms with E-state index in [2.05, 4.69) is 16.1 Å². The Morgan fingerprint density at radius 1 is 1.24 bits per heavy atom. The first-order valence-electron chi connectivity index (χ1n) is 4.35. The fourth-order valence-corrected chi connectivity index (χ4v) is 3.44. The molecule has 1 aromatic heterocycles. The molecule has 0 N–H and O–H groups in total. The molecule has 0 fully saturated rings. The van der Waals surface area contributed by atoms with Crippen LogP contribution in [0.5, 0.6) is 0 Å². The highest BCUT2D eigenvalue weighted by molar-refractivity contribution is 8.03. The highest BCUT2D eigenvalue weighted by atomic mass is 32.2. The maximum Gasteiger partial charge on any atom is 0.301 e. The van der Waals surface area contributed by atoms with Gasteiger partial charge in [-0.05, 0) is 0 Å². The molecule has 17 heavy (non-hydrogen) atoms. The van der Waals surface area contributed by atoms with Crippen LogP contribution in [0.4, 0.5) is 13.2 Å². The predicted octanol–water partition coefficient (Wildman–Crippen LogP) is 3.82. The summed E-state index contributed by atoms with van der Waals surface area (Å²) in [5, 5.41) is 7.67. The molecule has 2 nitrogen and oxygen atoms in total. The SMILES string of the molecule is C#CCSc1nnc(SCCC(F)=C(F)F)s1. The summed E-state index contributed by atoms with van der Waals surface area (Å²) in [6, 6.07) is 0. The van der Waals surface area contributed by atoms with Crippen LogP contribution in [-0.4, -0.2) is 21.7 Å². The van der Waals surface area contributed by atoms with Crippen LogP contribution in [0.2, 0.25) is 0 Å². The van der Waals surface area contributed by atoms with Crippen LogP contribution in [-0.2, 0) is 0 Å². The van der Waals surface area contributed by atoms with Crippen molar-refractivity contribution in [3.8, 4) is 12.3 Å². The Labute approximate surface area is 109 Å². The minimum atomic E-state index is -2.26. The van der Waals surface area contributed by atoms with Crippen molar-refractivity contribution >= 4 is 34.9 Å². The lowest BCUT2D eigenvalue weighted by atomic mass is 10.4. The van der Waals surface area contributed by atoms with Crippen LogP contribution in [0.25, 0.3) is 0 Å². The van der Waals surface area contributed by atoms with E-state index in [1.807, 2.05) is 0 Å². The van der Waals surface area contributed by atoms with E-state index in [0.717, 1.165) is 4.34 Å². The second-order valence-corrected chi connectivity index (χ2v) is 6.13. The normalized spacial score (nSPS) is 10.0. The van der Waals surface area contributed by atoms with E-state index in [1.54, 1.807) is 0 Å². The second kappa shape index (κ2) is 7.63. The Hall–Kier alpha value is -0.650. The van der Waals surface area contributed by atoms with Crippen LogP contribution >= 0.6 is 34.9 Å². The summed E-state index contributed by atoms with van der Waals surface area (Å²) < 4.78 is 37.3. The molecule has 0 atom stereocenters. The molecule has 0 aliphatic carbocycles. The summed E-state index contributed by atoms with van der Waals surface area (Å²) in [5.41, 5.74) is 0. The van der Waals surface area contributed by atoms with Gasteiger partial charge in [0.25, 0.3) is 0 Å². The van der Waals surface area contributed by atoms with Gasteiger partial charge in [0, 0.05) is 12.2 Å². The Bertz CT molecular complexity index is 435. The first-order chi connectivity index (χ1) is 8.13. The topological polar surface area (TPSA) is 25.8 Å². The van der Waals surface area contributed by atoms with Crippen LogP contribution in [0.1, 0.15) is 6.42 Å². The number of allylic oxidation sites excluding steroid dienone is 1. The summed E-state index contributed by atoms with van der Waals surface area (Å²) in [6.45, 7) is 0. The number of nitrogens with zero attached hydrogens (tertiary/aromatic N) is 2. The van der Waals surface area contributed by atoms with Gasteiger partial charge >= 0.3 is 6.08 Å². The Morgan fingerprint density at radius 3 is 2.47 bits per heavy atom. The van der Waals surface area contributed by atoms with Crippen molar-refractivity contribution in [1.29, 1.82) is 0 Å². The number of hydrogen-bond donors (Lipinski definition) is 0. The van der Waals surface area contributed by atoms with Crippen molar-refractivity contribution in [3.05, 3.63) is 11.9 Å². The molecule has 1 rings (SSSR count). The minimum Gasteiger partial charge on any atom is -0.206 e. The van der Waals surface area contributed by atoms with Crippen LogP contribution < -0.4 is 0 Å². The standard InChI is InChI=1S/C9H7F3N2S3/c1-2-4-15-8-13-14-9(17-8)16-5-3-6(10)7(11)12/h1H,3-5H2. The monoisotopic (exact) mass is 296 g/mol. The first-order valence-corrected chi connectivity index (χ1v) is 7.14. The van der Waals surface area contributed by atoms with Gasteiger partial charge in [0.15, 0.2) is 14.5 Å². The molecule has 8 heteroatoms. The quantitative estimate of drug-likeness (QED) is 0.588. The number of hydrogen-bond acceptors (Lipinski definition) is 5. The molecular formula is C9H7F3N2S3. The van der Waals surface area contributed by atoms with Crippen LogP contribution in [0.3, 0.4) is 0 Å². The average Bonchev–Trinajstić information content (AvgIpc) is 2.74. The van der Waals surface area contributed by atoms with Gasteiger partial charge in [-0.3, -0.25) is 0 Å². The van der Waals surface area contributed by atoms with Gasteiger partial charge in [-0.15, -0.1) is 16.6 Å². The van der Waals surface area contributed by atoms with E-state index in [4.69, 9.17) is 6.42 Å². The Morgan fingerprint density at radius 2 is 1.88 bits per heavy atom. The molecule has 0 aromatic carbocycles. The lowest BCUT2D eigenvalue weighted by molar-refractivity contribution is 0.373. The summed E-state index contributed by atoms with van der Waals surface area (Å²) >= 11 is 3.89. The van der Waals surface area contributed by atoms with E-state index in [-0.39, 0.29) is 12.2 Å². The van der Waals surface area contributed by atoms with Crippen molar-refractivity contribution in [2.75, 3.05) is 11.5 Å².